The highest BCUT2D eigenvalue weighted by atomic mass is 35.5. The molecule has 1 saturated heterocycles. The summed E-state index contributed by atoms with van der Waals surface area (Å²) < 4.78 is 21.4. The predicted molar refractivity (Wildman–Crippen MR) is 153 cm³/mol. The highest BCUT2D eigenvalue weighted by Crippen LogP contribution is 2.55. The molecule has 0 bridgehead atoms. The van der Waals surface area contributed by atoms with E-state index in [4.69, 9.17) is 27.9 Å². The molecule has 2 aliphatic heterocycles. The van der Waals surface area contributed by atoms with Gasteiger partial charge < -0.3 is 10.1 Å². The molecule has 0 aliphatic carbocycles. The molecule has 1 amide bonds. The van der Waals surface area contributed by atoms with Gasteiger partial charge in [-0.05, 0) is 40.5 Å². The standard InChI is InChI=1S/C32H25Cl2FN2O3/c33-22-14-15-24-27(16-22)36-31(39)32(24)18-37(17-25(32)23-12-7-13-26(34)28(23)35)29(20-8-3-1-4-9-20)30(40-19-38)21-10-5-2-6-11-21/h1-16,19,25,29-30H,17-18H2,(H,36,39). The number of hydrogen-bond donors (Lipinski definition) is 1. The van der Waals surface area contributed by atoms with Gasteiger partial charge >= 0.3 is 0 Å². The maximum absolute atomic E-state index is 15.7. The Kier molecular flexibility index (Phi) is 7.09. The van der Waals surface area contributed by atoms with Crippen molar-refractivity contribution in [3.05, 3.63) is 135 Å². The average molecular weight is 575 g/mol. The third-order valence-electron chi connectivity index (χ3n) is 8.09. The van der Waals surface area contributed by atoms with Crippen LogP contribution >= 0.6 is 23.2 Å². The maximum Gasteiger partial charge on any atom is 0.293 e. The molecule has 4 atom stereocenters. The van der Waals surface area contributed by atoms with Crippen LogP contribution in [0.4, 0.5) is 10.1 Å². The van der Waals surface area contributed by atoms with Crippen LogP contribution in [0.5, 0.6) is 0 Å². The Labute approximate surface area is 241 Å². The molecular weight excluding hydrogens is 550 g/mol. The number of nitrogens with zero attached hydrogens (tertiary/aromatic N) is 1. The lowest BCUT2D eigenvalue weighted by molar-refractivity contribution is -0.138. The molecule has 1 fully saturated rings. The molecule has 4 unspecified atom stereocenters. The van der Waals surface area contributed by atoms with Crippen molar-refractivity contribution in [1.82, 2.24) is 4.90 Å². The van der Waals surface area contributed by atoms with Gasteiger partial charge in [-0.2, -0.15) is 0 Å². The number of rotatable bonds is 7. The second-order valence-corrected chi connectivity index (χ2v) is 11.0. The highest BCUT2D eigenvalue weighted by molar-refractivity contribution is 6.31. The van der Waals surface area contributed by atoms with Gasteiger partial charge in [0.1, 0.15) is 11.9 Å². The molecule has 6 rings (SSSR count). The maximum atomic E-state index is 15.7. The zero-order chi connectivity index (χ0) is 27.9. The number of benzene rings is 4. The van der Waals surface area contributed by atoms with Crippen molar-refractivity contribution in [3.8, 4) is 0 Å². The van der Waals surface area contributed by atoms with Gasteiger partial charge in [-0.1, -0.05) is 102 Å². The number of amides is 1. The molecule has 1 N–H and O–H groups in total. The van der Waals surface area contributed by atoms with E-state index < -0.39 is 29.3 Å². The Morgan fingerprint density at radius 2 is 1.65 bits per heavy atom. The third kappa shape index (κ3) is 4.37. The van der Waals surface area contributed by atoms with Crippen molar-refractivity contribution >= 4 is 41.3 Å². The van der Waals surface area contributed by atoms with Crippen LogP contribution in [0.1, 0.15) is 40.3 Å². The van der Waals surface area contributed by atoms with E-state index in [1.54, 1.807) is 24.3 Å². The molecule has 0 aromatic heterocycles. The Morgan fingerprint density at radius 3 is 2.35 bits per heavy atom. The van der Waals surface area contributed by atoms with E-state index in [-0.39, 0.29) is 17.5 Å². The number of halogens is 3. The summed E-state index contributed by atoms with van der Waals surface area (Å²) in [6, 6.07) is 28.9. The SMILES string of the molecule is O=COC(c1ccccc1)C(c1ccccc1)N1CC(c2cccc(Cl)c2F)C2(C1)C(=O)Nc1cc(Cl)ccc12. The van der Waals surface area contributed by atoms with Crippen molar-refractivity contribution in [2.24, 2.45) is 0 Å². The Bertz CT molecular complexity index is 1570. The highest BCUT2D eigenvalue weighted by Gasteiger charge is 2.60. The van der Waals surface area contributed by atoms with Crippen LogP contribution in [0, 0.1) is 5.82 Å². The minimum atomic E-state index is -1.14. The second kappa shape index (κ2) is 10.7. The monoisotopic (exact) mass is 574 g/mol. The van der Waals surface area contributed by atoms with Crippen LogP contribution < -0.4 is 5.32 Å². The second-order valence-electron chi connectivity index (χ2n) is 10.2. The first-order chi connectivity index (χ1) is 19.4. The normalized spacial score (nSPS) is 21.6. The summed E-state index contributed by atoms with van der Waals surface area (Å²) >= 11 is 12.5. The summed E-state index contributed by atoms with van der Waals surface area (Å²) in [5, 5.41) is 3.48. The molecule has 0 radical (unpaired) electrons. The summed E-state index contributed by atoms with van der Waals surface area (Å²) in [4.78, 5) is 27.9. The van der Waals surface area contributed by atoms with Gasteiger partial charge in [-0.3, -0.25) is 14.5 Å². The summed E-state index contributed by atoms with van der Waals surface area (Å²) in [5.41, 5.74) is 2.27. The first-order valence-corrected chi connectivity index (χ1v) is 13.7. The van der Waals surface area contributed by atoms with Gasteiger partial charge in [0, 0.05) is 29.7 Å². The van der Waals surface area contributed by atoms with Crippen molar-refractivity contribution in [1.29, 1.82) is 0 Å². The molecule has 1 spiro atoms. The smallest absolute Gasteiger partial charge is 0.293 e. The van der Waals surface area contributed by atoms with Gasteiger partial charge in [0.2, 0.25) is 5.91 Å². The van der Waals surface area contributed by atoms with Gasteiger partial charge in [0.15, 0.2) is 0 Å². The van der Waals surface area contributed by atoms with Crippen LogP contribution in [-0.4, -0.2) is 30.4 Å². The average Bonchev–Trinajstić information content (AvgIpc) is 3.48. The number of carbonyl (C=O) groups is 2. The van der Waals surface area contributed by atoms with Crippen molar-refractivity contribution in [2.45, 2.75) is 23.5 Å². The number of anilines is 1. The van der Waals surface area contributed by atoms with Crippen molar-refractivity contribution in [3.63, 3.8) is 0 Å². The van der Waals surface area contributed by atoms with Gasteiger partial charge in [-0.25, -0.2) is 4.39 Å². The molecule has 2 aliphatic rings. The first kappa shape index (κ1) is 26.5. The lowest BCUT2D eigenvalue weighted by Gasteiger charge is -2.35. The molecule has 4 aromatic carbocycles. The molecule has 8 heteroatoms. The van der Waals surface area contributed by atoms with Crippen LogP contribution in [-0.2, 0) is 19.7 Å². The minimum Gasteiger partial charge on any atom is -0.458 e. The molecule has 2 heterocycles. The Morgan fingerprint density at radius 1 is 0.950 bits per heavy atom. The fourth-order valence-electron chi connectivity index (χ4n) is 6.38. The molecule has 0 saturated carbocycles. The number of ether oxygens (including phenoxy) is 1. The predicted octanol–water partition coefficient (Wildman–Crippen LogP) is 7.08. The van der Waals surface area contributed by atoms with E-state index in [0.717, 1.165) is 16.7 Å². The lowest BCUT2D eigenvalue weighted by atomic mass is 9.70. The van der Waals surface area contributed by atoms with Crippen molar-refractivity contribution < 1.29 is 18.7 Å². The third-order valence-corrected chi connectivity index (χ3v) is 8.62. The molecule has 40 heavy (non-hydrogen) atoms. The molecule has 202 valence electrons. The topological polar surface area (TPSA) is 58.6 Å². The van der Waals surface area contributed by atoms with E-state index in [1.165, 1.54) is 6.07 Å². The first-order valence-electron chi connectivity index (χ1n) is 12.9. The minimum absolute atomic E-state index is 0.00751. The number of carbonyl (C=O) groups excluding carboxylic acids is 2. The fraction of sp³-hybridized carbons (Fsp3) is 0.188. The van der Waals surface area contributed by atoms with Crippen LogP contribution in [0.2, 0.25) is 10.0 Å². The lowest BCUT2D eigenvalue weighted by Crippen LogP contribution is -2.42. The zero-order valence-corrected chi connectivity index (χ0v) is 22.8. The van der Waals surface area contributed by atoms with Gasteiger partial charge in [0.25, 0.3) is 6.47 Å². The van der Waals surface area contributed by atoms with Gasteiger partial charge in [0.05, 0.1) is 16.5 Å². The van der Waals surface area contributed by atoms with E-state index in [0.29, 0.717) is 29.3 Å². The summed E-state index contributed by atoms with van der Waals surface area (Å²) in [5.74, 6) is -1.38. The number of fused-ring (bicyclic) bond motifs is 2. The van der Waals surface area contributed by atoms with Crippen LogP contribution in [0.25, 0.3) is 0 Å². The molecular formula is C32H25Cl2FN2O3. The zero-order valence-electron chi connectivity index (χ0n) is 21.3. The summed E-state index contributed by atoms with van der Waals surface area (Å²) in [6.07, 6.45) is -0.685. The van der Waals surface area contributed by atoms with E-state index >= 15 is 4.39 Å². The van der Waals surface area contributed by atoms with Gasteiger partial charge in [-0.15, -0.1) is 0 Å². The number of nitrogens with one attached hydrogen (secondary N) is 1. The van der Waals surface area contributed by atoms with Crippen molar-refractivity contribution in [2.75, 3.05) is 18.4 Å². The quantitative estimate of drug-likeness (QED) is 0.240. The van der Waals surface area contributed by atoms with E-state index in [2.05, 4.69) is 10.2 Å². The summed E-state index contributed by atoms with van der Waals surface area (Å²) in [6.45, 7) is 1.00. The Hall–Kier alpha value is -3.71. The number of likely N-dealkylation sites (tertiary alicyclic amines) is 1. The largest absolute Gasteiger partial charge is 0.458 e. The number of hydrogen-bond acceptors (Lipinski definition) is 4. The summed E-state index contributed by atoms with van der Waals surface area (Å²) in [7, 11) is 0. The Balaban J connectivity index is 1.55. The van der Waals surface area contributed by atoms with E-state index in [1.807, 2.05) is 66.7 Å². The molecule has 4 aromatic rings. The molecule has 5 nitrogen and oxygen atoms in total. The van der Waals surface area contributed by atoms with E-state index in [9.17, 15) is 9.59 Å². The van der Waals surface area contributed by atoms with Crippen LogP contribution in [0.3, 0.4) is 0 Å². The fourth-order valence-corrected chi connectivity index (χ4v) is 6.74. The van der Waals surface area contributed by atoms with Crippen LogP contribution in [0.15, 0.2) is 97.1 Å².